The molecule has 1 rings (SSSR count). The molecule has 0 aliphatic heterocycles. The molecule has 0 saturated carbocycles. The van der Waals surface area contributed by atoms with Gasteiger partial charge in [-0.25, -0.2) is 0 Å². The quantitative estimate of drug-likeness (QED) is 0.618. The fourth-order valence-electron chi connectivity index (χ4n) is 1.83. The van der Waals surface area contributed by atoms with Crippen LogP contribution in [0.1, 0.15) is 49.0 Å². The summed E-state index contributed by atoms with van der Waals surface area (Å²) < 4.78 is 0. The molecular weight excluding hydrogens is 250 g/mol. The van der Waals surface area contributed by atoms with E-state index in [0.29, 0.717) is 5.56 Å². The van der Waals surface area contributed by atoms with Crippen molar-refractivity contribution < 1.29 is 9.90 Å². The molecule has 3 heteroatoms. The fourth-order valence-corrected chi connectivity index (χ4v) is 1.83. The van der Waals surface area contributed by atoms with Gasteiger partial charge in [-0.3, -0.25) is 4.79 Å². The molecular formula is C17H23NO2. The van der Waals surface area contributed by atoms with Gasteiger partial charge in [0.2, 0.25) is 0 Å². The van der Waals surface area contributed by atoms with Gasteiger partial charge in [-0.2, -0.15) is 0 Å². The van der Waals surface area contributed by atoms with E-state index < -0.39 is 0 Å². The Balaban J connectivity index is 2.36. The molecule has 2 N–H and O–H groups in total. The zero-order chi connectivity index (χ0) is 14.8. The van der Waals surface area contributed by atoms with Crippen molar-refractivity contribution in [1.29, 1.82) is 0 Å². The van der Waals surface area contributed by atoms with E-state index >= 15 is 0 Å². The highest BCUT2D eigenvalue weighted by atomic mass is 16.2. The molecule has 1 aromatic rings. The number of carbonyl (C=O) groups is 1. The molecule has 0 heterocycles. The Kier molecular flexibility index (Phi) is 7.46. The second-order valence-electron chi connectivity index (χ2n) is 5.18. The first kappa shape index (κ1) is 16.3. The van der Waals surface area contributed by atoms with Crippen LogP contribution in [-0.4, -0.2) is 24.2 Å². The van der Waals surface area contributed by atoms with E-state index in [2.05, 4.69) is 31.0 Å². The standard InChI is InChI=1S/C17H23NO2/c1-14(2)6-3-4-12-18-17(20)16-10-8-15(9-11-16)7-5-13-19/h8-11,14,19H,3-4,6,12-13H2,1-2H3,(H,18,20). The van der Waals surface area contributed by atoms with Crippen molar-refractivity contribution in [2.24, 2.45) is 5.92 Å². The smallest absolute Gasteiger partial charge is 0.251 e. The first-order valence-electron chi connectivity index (χ1n) is 7.11. The SMILES string of the molecule is CC(C)CCCCNC(=O)c1ccc(C#CCO)cc1. The molecule has 108 valence electrons. The molecule has 0 bridgehead atoms. The van der Waals surface area contributed by atoms with Crippen LogP contribution >= 0.6 is 0 Å². The maximum Gasteiger partial charge on any atom is 0.251 e. The Bertz CT molecular complexity index is 466. The van der Waals surface area contributed by atoms with Gasteiger partial charge in [-0.05, 0) is 36.6 Å². The van der Waals surface area contributed by atoms with E-state index in [4.69, 9.17) is 5.11 Å². The number of nitrogens with one attached hydrogen (secondary N) is 1. The van der Waals surface area contributed by atoms with Crippen LogP contribution in [0, 0.1) is 17.8 Å². The van der Waals surface area contributed by atoms with Crippen molar-refractivity contribution in [3.63, 3.8) is 0 Å². The summed E-state index contributed by atoms with van der Waals surface area (Å²) in [5.74, 6) is 6.05. The lowest BCUT2D eigenvalue weighted by Crippen LogP contribution is -2.24. The van der Waals surface area contributed by atoms with Gasteiger partial charge in [0.15, 0.2) is 0 Å². The van der Waals surface area contributed by atoms with Crippen LogP contribution in [0.5, 0.6) is 0 Å². The summed E-state index contributed by atoms with van der Waals surface area (Å²) in [7, 11) is 0. The number of hydrogen-bond donors (Lipinski definition) is 2. The van der Waals surface area contributed by atoms with E-state index in [9.17, 15) is 4.79 Å². The molecule has 0 spiro atoms. The summed E-state index contributed by atoms with van der Waals surface area (Å²) in [5.41, 5.74) is 1.44. The summed E-state index contributed by atoms with van der Waals surface area (Å²) in [6.07, 6.45) is 3.37. The lowest BCUT2D eigenvalue weighted by Gasteiger charge is -2.06. The molecule has 20 heavy (non-hydrogen) atoms. The van der Waals surface area contributed by atoms with Crippen molar-refractivity contribution in [3.05, 3.63) is 35.4 Å². The molecule has 1 aromatic carbocycles. The summed E-state index contributed by atoms with van der Waals surface area (Å²) in [5, 5.41) is 11.5. The van der Waals surface area contributed by atoms with Gasteiger partial charge < -0.3 is 10.4 Å². The van der Waals surface area contributed by atoms with E-state index in [0.717, 1.165) is 30.9 Å². The summed E-state index contributed by atoms with van der Waals surface area (Å²) in [6.45, 7) is 4.98. The van der Waals surface area contributed by atoms with Gasteiger partial charge in [0.05, 0.1) is 0 Å². The minimum atomic E-state index is -0.154. The number of benzene rings is 1. The molecule has 0 aliphatic carbocycles. The molecule has 0 unspecified atom stereocenters. The van der Waals surface area contributed by atoms with Crippen molar-refractivity contribution in [1.82, 2.24) is 5.32 Å². The minimum Gasteiger partial charge on any atom is -0.384 e. The summed E-state index contributed by atoms with van der Waals surface area (Å²) in [6, 6.07) is 7.09. The summed E-state index contributed by atoms with van der Waals surface area (Å²) in [4.78, 5) is 11.9. The monoisotopic (exact) mass is 273 g/mol. The highest BCUT2D eigenvalue weighted by Gasteiger charge is 2.04. The van der Waals surface area contributed by atoms with Crippen LogP contribution in [0.2, 0.25) is 0 Å². The molecule has 0 fully saturated rings. The van der Waals surface area contributed by atoms with Crippen LogP contribution in [-0.2, 0) is 0 Å². The van der Waals surface area contributed by atoms with Gasteiger partial charge in [-0.15, -0.1) is 0 Å². The van der Waals surface area contributed by atoms with Crippen LogP contribution in [0.15, 0.2) is 24.3 Å². The highest BCUT2D eigenvalue weighted by molar-refractivity contribution is 5.94. The molecule has 0 aliphatic rings. The van der Waals surface area contributed by atoms with Crippen LogP contribution < -0.4 is 5.32 Å². The van der Waals surface area contributed by atoms with Gasteiger partial charge in [0, 0.05) is 17.7 Å². The van der Waals surface area contributed by atoms with Gasteiger partial charge in [0.25, 0.3) is 5.91 Å². The van der Waals surface area contributed by atoms with Crippen LogP contribution in [0.25, 0.3) is 0 Å². The topological polar surface area (TPSA) is 49.3 Å². The first-order chi connectivity index (χ1) is 9.63. The Labute approximate surface area is 121 Å². The lowest BCUT2D eigenvalue weighted by molar-refractivity contribution is 0.0953. The molecule has 3 nitrogen and oxygen atoms in total. The van der Waals surface area contributed by atoms with E-state index in [1.165, 1.54) is 6.42 Å². The molecule has 1 amide bonds. The Morgan fingerprint density at radius 1 is 1.25 bits per heavy atom. The number of carbonyl (C=O) groups excluding carboxylic acids is 1. The molecule has 0 atom stereocenters. The number of aliphatic hydroxyl groups is 1. The predicted octanol–water partition coefficient (Wildman–Crippen LogP) is 2.59. The Hall–Kier alpha value is -1.79. The number of hydrogen-bond acceptors (Lipinski definition) is 2. The second-order valence-corrected chi connectivity index (χ2v) is 5.18. The number of amides is 1. The predicted molar refractivity (Wildman–Crippen MR) is 81.4 cm³/mol. The zero-order valence-electron chi connectivity index (χ0n) is 12.3. The fraction of sp³-hybridized carbons (Fsp3) is 0.471. The average molecular weight is 273 g/mol. The van der Waals surface area contributed by atoms with Gasteiger partial charge in [-0.1, -0.05) is 38.5 Å². The van der Waals surface area contributed by atoms with Gasteiger partial charge in [0.1, 0.15) is 6.61 Å². The van der Waals surface area contributed by atoms with Crippen LogP contribution in [0.3, 0.4) is 0 Å². The second kappa shape index (κ2) is 9.17. The maximum absolute atomic E-state index is 11.9. The zero-order valence-corrected chi connectivity index (χ0v) is 12.3. The number of rotatable bonds is 6. The summed E-state index contributed by atoms with van der Waals surface area (Å²) >= 11 is 0. The highest BCUT2D eigenvalue weighted by Crippen LogP contribution is 2.06. The number of unbranched alkanes of at least 4 members (excludes halogenated alkanes) is 1. The van der Waals surface area contributed by atoms with Crippen molar-refractivity contribution in [2.45, 2.75) is 33.1 Å². The maximum atomic E-state index is 11.9. The van der Waals surface area contributed by atoms with Crippen molar-refractivity contribution in [2.75, 3.05) is 13.2 Å². The van der Waals surface area contributed by atoms with E-state index in [1.54, 1.807) is 24.3 Å². The van der Waals surface area contributed by atoms with E-state index in [1.807, 2.05) is 0 Å². The Morgan fingerprint density at radius 3 is 2.55 bits per heavy atom. The Morgan fingerprint density at radius 2 is 1.95 bits per heavy atom. The first-order valence-corrected chi connectivity index (χ1v) is 7.11. The minimum absolute atomic E-state index is 0.0452. The normalized spacial score (nSPS) is 10.0. The van der Waals surface area contributed by atoms with Gasteiger partial charge >= 0.3 is 0 Å². The number of aliphatic hydroxyl groups excluding tert-OH is 1. The largest absolute Gasteiger partial charge is 0.384 e. The van der Waals surface area contributed by atoms with Crippen LogP contribution in [0.4, 0.5) is 0 Å². The van der Waals surface area contributed by atoms with Crippen molar-refractivity contribution in [3.8, 4) is 11.8 Å². The van der Waals surface area contributed by atoms with Crippen molar-refractivity contribution >= 4 is 5.91 Å². The third-order valence-electron chi connectivity index (χ3n) is 2.95. The molecule has 0 saturated heterocycles. The lowest BCUT2D eigenvalue weighted by atomic mass is 10.1. The third-order valence-corrected chi connectivity index (χ3v) is 2.95. The molecule has 0 radical (unpaired) electrons. The third kappa shape index (κ3) is 6.40. The average Bonchev–Trinajstić information content (AvgIpc) is 2.44. The van der Waals surface area contributed by atoms with E-state index in [-0.39, 0.29) is 12.5 Å². The molecule has 0 aromatic heterocycles.